The number of hydrogen-bond acceptors (Lipinski definition) is 11. The molecule has 3 N–H and O–H groups in total. The van der Waals surface area contributed by atoms with Crippen LogP contribution in [0, 0.1) is 135 Å². The summed E-state index contributed by atoms with van der Waals surface area (Å²) in [4.78, 5) is 31.9. The Morgan fingerprint density at radius 2 is 0.969 bits per heavy atom. The standard InChI is InChI=1S/C38H67NO4Si.C37H66O3Si.C7H4ClNO4/c1-12-44(13-2,14-3)43-32-31-29(24(6)21-26(41-31)30(23(4)5)42-33(39)40)35(10)19-20-38-22-37(38)18-17-25(7)34(8,9)27(37)15-16-28(38)36(32,35)11;1-12-41(13-2,14-3)40-32-31-29(24(6)21-26(39-31)30(38)23(4)5)34(10)19-20-37-22-36(37)18-17-25(7)33(8,9)27(36)15-16-28(37)35(32,34)11;8-7(10)13-6-3-1-5(2-4-6)9(11)12/h23-32H,12-22H2,1-11H3,(H2,39,40);23-32,38H,12-22H2,1-11H3;1-4H/t24-,25+,26-,27+,28+,29+,30-,31+,32+,35-,36-,37?,38+;24-,25+,26-,27+,28+,29+,30-,31+,32+,34-,35-,36?,37+;/m11./s1. The van der Waals surface area contributed by atoms with Gasteiger partial charge in [0, 0.05) is 34.6 Å². The fourth-order valence-electron chi connectivity index (χ4n) is 28.3. The Morgan fingerprint density at radius 3 is 1.33 bits per heavy atom. The first-order chi connectivity index (χ1) is 45.8. The number of amides is 1. The highest BCUT2D eigenvalue weighted by Crippen LogP contribution is 2.92. The monoisotopic (exact) mass is 1420 g/mol. The van der Waals surface area contributed by atoms with Gasteiger partial charge >= 0.3 is 11.5 Å². The molecular formula is C82H137ClN2O11Si2. The van der Waals surface area contributed by atoms with E-state index in [1.807, 2.05) is 0 Å². The van der Waals surface area contributed by atoms with Crippen molar-refractivity contribution < 1.29 is 47.4 Å². The van der Waals surface area contributed by atoms with Crippen molar-refractivity contribution >= 4 is 45.4 Å². The minimum atomic E-state index is -1.96. The number of nitro groups is 1. The average Bonchev–Trinajstić information content (AvgIpc) is 1.46. The van der Waals surface area contributed by atoms with Crippen LogP contribution in [0.5, 0.6) is 5.75 Å². The zero-order valence-corrected chi connectivity index (χ0v) is 68.1. The molecule has 2 saturated heterocycles. The topological polar surface area (TPSA) is 179 Å². The van der Waals surface area contributed by atoms with Crippen LogP contribution in [0.3, 0.4) is 0 Å². The molecule has 16 heteroatoms. The smallest absolute Gasteiger partial charge is 0.409 e. The summed E-state index contributed by atoms with van der Waals surface area (Å²) >= 11 is 4.92. The number of aliphatic hydroxyl groups is 1. The third-order valence-electron chi connectivity index (χ3n) is 34.9. The number of rotatable bonds is 17. The number of fused-ring (bicyclic) bond motifs is 8. The van der Waals surface area contributed by atoms with E-state index in [0.29, 0.717) is 62.1 Å². The first kappa shape index (κ1) is 77.0. The summed E-state index contributed by atoms with van der Waals surface area (Å²) in [7, 11) is -3.84. The maximum Gasteiger partial charge on any atom is 0.409 e. The number of benzene rings is 1. The molecule has 2 heterocycles. The highest BCUT2D eigenvalue weighted by molar-refractivity contribution is 6.74. The number of hydrogen-bond donors (Lipinski definition) is 2. The van der Waals surface area contributed by atoms with Gasteiger partial charge in [0.05, 0.1) is 47.7 Å². The summed E-state index contributed by atoms with van der Waals surface area (Å²) in [5.41, 5.74) is 8.17. The molecule has 10 saturated carbocycles. The number of carbonyl (C=O) groups excluding carboxylic acids is 2. The number of nitrogens with zero attached hydrogens (tertiary/aromatic N) is 1. The Morgan fingerprint density at radius 1 is 0.592 bits per heavy atom. The van der Waals surface area contributed by atoms with Gasteiger partial charge < -0.3 is 38.6 Å². The number of halogens is 1. The van der Waals surface area contributed by atoms with E-state index in [1.54, 1.807) is 0 Å². The molecule has 0 aromatic heterocycles. The second kappa shape index (κ2) is 26.7. The van der Waals surface area contributed by atoms with Crippen molar-refractivity contribution in [1.29, 1.82) is 0 Å². The van der Waals surface area contributed by atoms with Crippen molar-refractivity contribution in [3.63, 3.8) is 0 Å². The fourth-order valence-corrected chi connectivity index (χ4v) is 34.2. The lowest BCUT2D eigenvalue weighted by Gasteiger charge is -2.64. The van der Waals surface area contributed by atoms with Gasteiger partial charge in [0.15, 0.2) is 16.6 Å². The molecule has 556 valence electrons. The van der Waals surface area contributed by atoms with E-state index in [-0.39, 0.29) is 87.7 Å². The number of nitro benzene ring substituents is 1. The maximum absolute atomic E-state index is 12.0. The predicted octanol–water partition coefficient (Wildman–Crippen LogP) is 21.4. The Labute approximate surface area is 600 Å². The first-order valence-electron chi connectivity index (χ1n) is 40.2. The average molecular weight is 1420 g/mol. The molecule has 1 aromatic rings. The molecule has 2 aliphatic heterocycles. The molecule has 4 spiro atoms. The third-order valence-corrected chi connectivity index (χ3v) is 44.2. The van der Waals surface area contributed by atoms with Gasteiger partial charge in [-0.3, -0.25) is 10.1 Å². The summed E-state index contributed by atoms with van der Waals surface area (Å²) in [5.74, 6) is 7.39. The van der Waals surface area contributed by atoms with Crippen LogP contribution in [-0.2, 0) is 23.1 Å². The van der Waals surface area contributed by atoms with Gasteiger partial charge in [0.2, 0.25) is 0 Å². The Kier molecular flexibility index (Phi) is 21.0. The van der Waals surface area contributed by atoms with Crippen LogP contribution in [-0.4, -0.2) is 87.0 Å². The zero-order chi connectivity index (χ0) is 72.1. The third kappa shape index (κ3) is 11.3. The molecule has 26 atom stereocenters. The molecule has 98 heavy (non-hydrogen) atoms. The van der Waals surface area contributed by atoms with E-state index >= 15 is 0 Å². The van der Waals surface area contributed by atoms with Crippen molar-refractivity contribution in [1.82, 2.24) is 0 Å². The first-order valence-corrected chi connectivity index (χ1v) is 45.6. The summed E-state index contributed by atoms with van der Waals surface area (Å²) in [5, 5.41) is 21.5. The van der Waals surface area contributed by atoms with Gasteiger partial charge in [-0.05, 0) is 265 Å². The van der Waals surface area contributed by atoms with Crippen LogP contribution in [0.25, 0.3) is 0 Å². The zero-order valence-electron chi connectivity index (χ0n) is 65.3. The summed E-state index contributed by atoms with van der Waals surface area (Å²) in [6.07, 6.45) is 20.4. The molecule has 0 radical (unpaired) electrons. The van der Waals surface area contributed by atoms with Gasteiger partial charge in [-0.1, -0.05) is 152 Å². The largest absolute Gasteiger partial charge is 0.443 e. The molecule has 2 unspecified atom stereocenters. The number of nitrogens with two attached hydrogens (primary N) is 1. The normalized spacial score (nSPS) is 45.5. The van der Waals surface area contributed by atoms with E-state index in [2.05, 4.69) is 157 Å². The molecule has 12 fully saturated rings. The van der Waals surface area contributed by atoms with Crippen molar-refractivity contribution in [2.45, 2.75) is 340 Å². The Bertz CT molecular complexity index is 3050. The number of carbonyl (C=O) groups is 2. The van der Waals surface area contributed by atoms with E-state index in [0.717, 1.165) is 60.6 Å². The van der Waals surface area contributed by atoms with Crippen LogP contribution < -0.4 is 10.5 Å². The molecule has 12 aliphatic rings. The lowest BCUT2D eigenvalue weighted by atomic mass is 9.41. The molecule has 1 amide bonds. The van der Waals surface area contributed by atoms with Crippen molar-refractivity contribution in [3.05, 3.63) is 34.4 Å². The molecule has 0 bridgehead atoms. The molecule has 13 nitrogen and oxygen atoms in total. The van der Waals surface area contributed by atoms with Crippen molar-refractivity contribution in [2.24, 2.45) is 131 Å². The highest BCUT2D eigenvalue weighted by atomic mass is 35.5. The van der Waals surface area contributed by atoms with E-state index < -0.39 is 39.2 Å². The summed E-state index contributed by atoms with van der Waals surface area (Å²) in [6.45, 7) is 54.2. The number of aliphatic hydroxyl groups excluding tert-OH is 1. The minimum absolute atomic E-state index is 0.0402. The molecule has 1 aromatic carbocycles. The second-order valence-electron chi connectivity index (χ2n) is 38.6. The lowest BCUT2D eigenvalue weighted by molar-refractivity contribution is -0.384. The maximum atomic E-state index is 12.0. The number of ether oxygens (including phenoxy) is 4. The van der Waals surface area contributed by atoms with E-state index in [9.17, 15) is 24.8 Å². The van der Waals surface area contributed by atoms with Crippen LogP contribution in [0.15, 0.2) is 24.3 Å². The van der Waals surface area contributed by atoms with Crippen molar-refractivity contribution in [2.75, 3.05) is 0 Å². The highest BCUT2D eigenvalue weighted by Gasteiger charge is 2.87. The van der Waals surface area contributed by atoms with Crippen LogP contribution in [0.1, 0.15) is 255 Å². The number of primary amides is 1. The molecule has 13 rings (SSSR count). The van der Waals surface area contributed by atoms with Gasteiger partial charge in [0.25, 0.3) is 5.69 Å². The SMILES string of the molecule is CC[Si](CC)(CC)O[C@H]1[C@H]2O[C@@H]([C@H](O)C(C)C)C[C@@H](C)[C@@H]2[C@@]2(C)CC[C@@]34CC35CC[C@H](C)C(C)(C)[C@@H]5CC[C@H]4[C@]12C.CC[Si](CC)(CC)O[C@H]1[C@H]2O[C@@H]([C@H](OC(N)=O)C(C)C)C[C@@H](C)[C@@H]2[C@@]2(C)CC[C@@]34CC35CC[C@H](C)C(C)(C)[C@@H]5CC[C@H]4[C@]12C.O=C(Cl)Oc1ccc([N+](=O)[O-])cc1. The van der Waals surface area contributed by atoms with E-state index in [1.165, 1.54) is 132 Å². The summed E-state index contributed by atoms with van der Waals surface area (Å²) < 4.78 is 40.5. The van der Waals surface area contributed by atoms with Crippen molar-refractivity contribution in [3.8, 4) is 5.75 Å². The number of non-ortho nitro benzene ring substituents is 1. The second-order valence-corrected chi connectivity index (χ2v) is 48.3. The fraction of sp³-hybridized carbons (Fsp3) is 0.902. The van der Waals surface area contributed by atoms with Gasteiger partial charge in [-0.25, -0.2) is 9.59 Å². The quantitative estimate of drug-likeness (QED) is 0.0656. The van der Waals surface area contributed by atoms with Crippen LogP contribution >= 0.6 is 11.6 Å². The minimum Gasteiger partial charge on any atom is -0.443 e. The van der Waals surface area contributed by atoms with Gasteiger partial charge in [-0.2, -0.15) is 0 Å². The molecular weight excluding hydrogens is 1280 g/mol. The van der Waals surface area contributed by atoms with Crippen LogP contribution in [0.2, 0.25) is 36.3 Å². The van der Waals surface area contributed by atoms with Gasteiger partial charge in [0.1, 0.15) is 11.9 Å². The Balaban J connectivity index is 0.000000168. The van der Waals surface area contributed by atoms with Crippen LogP contribution in [0.4, 0.5) is 15.3 Å². The van der Waals surface area contributed by atoms with Gasteiger partial charge in [-0.15, -0.1) is 0 Å². The Hall–Kier alpha value is -2.12. The predicted molar refractivity (Wildman–Crippen MR) is 398 cm³/mol. The molecule has 10 aliphatic carbocycles. The van der Waals surface area contributed by atoms with E-state index in [4.69, 9.17) is 40.4 Å². The lowest BCUT2D eigenvalue weighted by Crippen LogP contribution is -2.60. The summed E-state index contributed by atoms with van der Waals surface area (Å²) in [6, 6.07) is 12.1.